The summed E-state index contributed by atoms with van der Waals surface area (Å²) in [5, 5.41) is 3.74. The molecule has 0 saturated heterocycles. The largest absolute Gasteiger partial charge is 0.337 e. The highest BCUT2D eigenvalue weighted by Gasteiger charge is 2.21. The third-order valence-corrected chi connectivity index (χ3v) is 6.76. The van der Waals surface area contributed by atoms with Crippen molar-refractivity contribution in [2.75, 3.05) is 10.0 Å². The fourth-order valence-corrected chi connectivity index (χ4v) is 4.67. The van der Waals surface area contributed by atoms with Gasteiger partial charge in [-0.2, -0.15) is 0 Å². The summed E-state index contributed by atoms with van der Waals surface area (Å²) in [5.41, 5.74) is 4.32. The molecule has 0 amide bonds. The molecule has 0 aliphatic heterocycles. The van der Waals surface area contributed by atoms with E-state index >= 15 is 0 Å². The molecule has 0 fully saturated rings. The van der Waals surface area contributed by atoms with Crippen LogP contribution in [0.5, 0.6) is 0 Å². The zero-order chi connectivity index (χ0) is 22.2. The first-order valence-electron chi connectivity index (χ1n) is 9.63. The summed E-state index contributed by atoms with van der Waals surface area (Å²) in [6.07, 6.45) is 0. The van der Waals surface area contributed by atoms with Crippen LogP contribution >= 0.6 is 11.6 Å². The molecule has 0 aliphatic carbocycles. The van der Waals surface area contributed by atoms with Crippen LogP contribution in [0.15, 0.2) is 65.6 Å². The molecule has 31 heavy (non-hydrogen) atoms. The van der Waals surface area contributed by atoms with Crippen LogP contribution in [0, 0.1) is 20.8 Å². The lowest BCUT2D eigenvalue weighted by Gasteiger charge is -2.15. The van der Waals surface area contributed by atoms with E-state index in [9.17, 15) is 8.42 Å². The predicted molar refractivity (Wildman–Crippen MR) is 126 cm³/mol. The fraction of sp³-hybridized carbons (Fsp3) is 0.130. The molecule has 1 aromatic heterocycles. The van der Waals surface area contributed by atoms with Gasteiger partial charge in [-0.15, -0.1) is 0 Å². The van der Waals surface area contributed by atoms with E-state index in [1.54, 1.807) is 31.2 Å². The van der Waals surface area contributed by atoms with Gasteiger partial charge < -0.3 is 5.32 Å². The van der Waals surface area contributed by atoms with E-state index in [2.05, 4.69) is 20.0 Å². The Kier molecular flexibility index (Phi) is 5.56. The van der Waals surface area contributed by atoms with Crippen molar-refractivity contribution in [1.82, 2.24) is 9.97 Å². The molecular formula is C23H21ClN4O2S. The Morgan fingerprint density at radius 1 is 0.806 bits per heavy atom. The maximum Gasteiger partial charge on any atom is 0.263 e. The Balaban J connectivity index is 1.81. The minimum Gasteiger partial charge on any atom is -0.337 e. The van der Waals surface area contributed by atoms with Gasteiger partial charge in [0.25, 0.3) is 10.0 Å². The van der Waals surface area contributed by atoms with Crippen molar-refractivity contribution in [2.24, 2.45) is 0 Å². The number of fused-ring (bicyclic) bond motifs is 1. The molecule has 0 atom stereocenters. The Morgan fingerprint density at radius 3 is 2.13 bits per heavy atom. The molecule has 1 heterocycles. The van der Waals surface area contributed by atoms with Crippen molar-refractivity contribution in [1.29, 1.82) is 0 Å². The molecule has 3 aromatic carbocycles. The van der Waals surface area contributed by atoms with Crippen LogP contribution in [0.3, 0.4) is 0 Å². The van der Waals surface area contributed by atoms with E-state index in [1.165, 1.54) is 0 Å². The van der Waals surface area contributed by atoms with Crippen molar-refractivity contribution in [3.8, 4) is 0 Å². The monoisotopic (exact) mass is 452 g/mol. The van der Waals surface area contributed by atoms with Crippen molar-refractivity contribution in [2.45, 2.75) is 25.7 Å². The zero-order valence-electron chi connectivity index (χ0n) is 17.3. The summed E-state index contributed by atoms with van der Waals surface area (Å²) >= 11 is 6.25. The number of aromatic nitrogens is 2. The number of nitrogens with one attached hydrogen (secondary N) is 2. The molecule has 0 unspecified atom stereocenters. The van der Waals surface area contributed by atoms with Crippen LogP contribution in [0.25, 0.3) is 11.0 Å². The normalized spacial score (nSPS) is 11.5. The summed E-state index contributed by atoms with van der Waals surface area (Å²) < 4.78 is 29.0. The Labute approximate surface area is 186 Å². The van der Waals surface area contributed by atoms with Gasteiger partial charge in [0.05, 0.1) is 15.9 Å². The Bertz CT molecular complexity index is 1400. The van der Waals surface area contributed by atoms with Gasteiger partial charge in [0.2, 0.25) is 0 Å². The average Bonchev–Trinajstić information content (AvgIpc) is 2.72. The highest BCUT2D eigenvalue weighted by molar-refractivity contribution is 7.92. The van der Waals surface area contributed by atoms with Gasteiger partial charge in [-0.1, -0.05) is 41.9 Å². The van der Waals surface area contributed by atoms with Gasteiger partial charge in [-0.05, 0) is 67.8 Å². The van der Waals surface area contributed by atoms with Gasteiger partial charge in [-0.25, -0.2) is 18.4 Å². The molecule has 2 N–H and O–H groups in total. The van der Waals surface area contributed by atoms with Crippen LogP contribution < -0.4 is 10.0 Å². The van der Waals surface area contributed by atoms with E-state index < -0.39 is 10.0 Å². The second-order valence-electron chi connectivity index (χ2n) is 7.37. The molecule has 0 aliphatic rings. The van der Waals surface area contributed by atoms with E-state index in [4.69, 9.17) is 11.6 Å². The van der Waals surface area contributed by atoms with Gasteiger partial charge in [0.15, 0.2) is 11.6 Å². The highest BCUT2D eigenvalue weighted by Crippen LogP contribution is 2.29. The summed E-state index contributed by atoms with van der Waals surface area (Å²) in [6.45, 7) is 5.52. The molecule has 8 heteroatoms. The van der Waals surface area contributed by atoms with Crippen LogP contribution in [-0.2, 0) is 10.0 Å². The number of anilines is 3. The number of halogens is 1. The number of hydrogen-bond acceptors (Lipinski definition) is 5. The maximum absolute atomic E-state index is 13.2. The molecule has 4 rings (SSSR count). The third-order valence-electron chi connectivity index (χ3n) is 4.87. The summed E-state index contributed by atoms with van der Waals surface area (Å²) in [4.78, 5) is 9.32. The van der Waals surface area contributed by atoms with Gasteiger partial charge in [0.1, 0.15) is 0 Å². The molecule has 6 nitrogen and oxygen atoms in total. The molecule has 0 spiro atoms. The predicted octanol–water partition coefficient (Wildman–Crippen LogP) is 5.75. The lowest BCUT2D eigenvalue weighted by molar-refractivity contribution is 0.600. The number of sulfonamides is 1. The number of para-hydroxylation sites is 2. The topological polar surface area (TPSA) is 84.0 Å². The van der Waals surface area contributed by atoms with Crippen molar-refractivity contribution in [3.63, 3.8) is 0 Å². The number of aryl methyl sites for hydroxylation is 3. The average molecular weight is 453 g/mol. The van der Waals surface area contributed by atoms with Crippen molar-refractivity contribution in [3.05, 3.63) is 82.4 Å². The smallest absolute Gasteiger partial charge is 0.263 e. The quantitative estimate of drug-likeness (QED) is 0.402. The molecule has 0 radical (unpaired) electrons. The van der Waals surface area contributed by atoms with Gasteiger partial charge in [0, 0.05) is 10.7 Å². The first-order valence-corrected chi connectivity index (χ1v) is 11.5. The van der Waals surface area contributed by atoms with Crippen LogP contribution in [-0.4, -0.2) is 18.4 Å². The molecule has 0 bridgehead atoms. The second-order valence-corrected chi connectivity index (χ2v) is 9.43. The minimum absolute atomic E-state index is 0.108. The molecular weight excluding hydrogens is 432 g/mol. The van der Waals surface area contributed by atoms with Gasteiger partial charge in [-0.3, -0.25) is 4.72 Å². The lowest BCUT2D eigenvalue weighted by atomic mass is 10.2. The van der Waals surface area contributed by atoms with Crippen LogP contribution in [0.4, 0.5) is 17.3 Å². The highest BCUT2D eigenvalue weighted by atomic mass is 35.5. The third kappa shape index (κ3) is 4.47. The van der Waals surface area contributed by atoms with Crippen molar-refractivity contribution >= 4 is 50.0 Å². The summed E-state index contributed by atoms with van der Waals surface area (Å²) in [5.74, 6) is 0.392. The number of nitrogens with zero attached hydrogens (tertiary/aromatic N) is 2. The molecule has 0 saturated carbocycles. The van der Waals surface area contributed by atoms with Crippen LogP contribution in [0.2, 0.25) is 5.02 Å². The minimum atomic E-state index is -3.88. The van der Waals surface area contributed by atoms with Crippen LogP contribution in [0.1, 0.15) is 16.7 Å². The lowest BCUT2D eigenvalue weighted by Crippen LogP contribution is -2.17. The molecule has 158 valence electrons. The Morgan fingerprint density at radius 2 is 1.45 bits per heavy atom. The van der Waals surface area contributed by atoms with E-state index in [0.717, 1.165) is 11.1 Å². The van der Waals surface area contributed by atoms with Crippen molar-refractivity contribution < 1.29 is 8.42 Å². The fourth-order valence-electron chi connectivity index (χ4n) is 3.14. The van der Waals surface area contributed by atoms with E-state index in [-0.39, 0.29) is 16.5 Å². The number of hydrogen-bond donors (Lipinski definition) is 2. The first kappa shape index (κ1) is 21.1. The number of rotatable bonds is 5. The van der Waals surface area contributed by atoms with E-state index in [1.807, 2.05) is 50.2 Å². The van der Waals surface area contributed by atoms with Gasteiger partial charge >= 0.3 is 0 Å². The SMILES string of the molecule is Cc1ccc(C)c(S(=O)(=O)Nc2nc3ccccc3nc2Nc2ccc(C)c(Cl)c2)c1. The van der Waals surface area contributed by atoms with E-state index in [0.29, 0.717) is 27.3 Å². The molecule has 4 aromatic rings. The second kappa shape index (κ2) is 8.17. The Hall–Kier alpha value is -3.16. The zero-order valence-corrected chi connectivity index (χ0v) is 18.8. The number of benzene rings is 3. The summed E-state index contributed by atoms with van der Waals surface area (Å²) in [6, 6.07) is 18.1. The first-order chi connectivity index (χ1) is 14.7. The maximum atomic E-state index is 13.2. The summed E-state index contributed by atoms with van der Waals surface area (Å²) in [7, 11) is -3.88. The standard InChI is InChI=1S/C23H21ClN4O2S/c1-14-8-9-16(3)21(12-14)31(29,30)28-23-22(25-17-11-10-15(2)18(24)13-17)26-19-6-4-5-7-20(19)27-23/h4-13H,1-3H3,(H,25,26)(H,27,28).